The van der Waals surface area contributed by atoms with E-state index in [1.165, 1.54) is 27.5 Å². The summed E-state index contributed by atoms with van der Waals surface area (Å²) in [6.45, 7) is 0. The highest BCUT2D eigenvalue weighted by molar-refractivity contribution is 6.12. The lowest BCUT2D eigenvalue weighted by Crippen LogP contribution is -2.31. The summed E-state index contributed by atoms with van der Waals surface area (Å²) in [6.07, 6.45) is 0. The minimum atomic E-state index is -0.617. The van der Waals surface area contributed by atoms with Gasteiger partial charge in [-0.15, -0.1) is 0 Å². The quantitative estimate of drug-likeness (QED) is 0.153. The van der Waals surface area contributed by atoms with Crippen LogP contribution in [-0.2, 0) is 5.41 Å². The Morgan fingerprint density at radius 1 is 0.404 bits per heavy atom. The van der Waals surface area contributed by atoms with E-state index in [4.69, 9.17) is 14.4 Å². The minimum absolute atomic E-state index is 0.617. The monoisotopic (exact) mass is 729 g/mol. The molecule has 8 aromatic carbocycles. The van der Waals surface area contributed by atoms with Crippen molar-refractivity contribution < 1.29 is 4.42 Å². The number of hydrogen-bond acceptors (Lipinski definition) is 3. The van der Waals surface area contributed by atoms with Gasteiger partial charge in [0, 0.05) is 38.7 Å². The minimum Gasteiger partial charge on any atom is -0.456 e. The summed E-state index contributed by atoms with van der Waals surface area (Å²) in [4.78, 5) is 10.9. The Bertz CT molecular complexity index is 3090. The number of benzene rings is 8. The molecular formula is C53H35N3O. The predicted octanol–water partition coefficient (Wildman–Crippen LogP) is 13.2. The molecule has 0 saturated carbocycles. The number of para-hydroxylation sites is 3. The Morgan fingerprint density at radius 3 is 1.54 bits per heavy atom. The van der Waals surface area contributed by atoms with Crippen LogP contribution < -0.4 is 0 Å². The van der Waals surface area contributed by atoms with Crippen LogP contribution in [-0.4, -0.2) is 14.5 Å². The van der Waals surface area contributed by atoms with Crippen LogP contribution in [0.5, 0.6) is 0 Å². The van der Waals surface area contributed by atoms with Gasteiger partial charge in [0.15, 0.2) is 5.82 Å². The Labute approximate surface area is 330 Å². The summed E-state index contributed by atoms with van der Waals surface area (Å²) < 4.78 is 8.65. The molecule has 0 bridgehead atoms. The first-order valence-electron chi connectivity index (χ1n) is 19.3. The van der Waals surface area contributed by atoms with Crippen molar-refractivity contribution in [2.45, 2.75) is 5.41 Å². The van der Waals surface area contributed by atoms with Gasteiger partial charge >= 0.3 is 0 Å². The summed E-state index contributed by atoms with van der Waals surface area (Å²) >= 11 is 0. The molecule has 0 spiro atoms. The number of hydrogen-bond donors (Lipinski definition) is 0. The Hall–Kier alpha value is -7.56. The normalized spacial score (nSPS) is 11.9. The van der Waals surface area contributed by atoms with Gasteiger partial charge in [-0.3, -0.25) is 4.57 Å². The van der Waals surface area contributed by atoms with E-state index in [0.717, 1.165) is 61.2 Å². The van der Waals surface area contributed by atoms with E-state index < -0.39 is 5.41 Å². The van der Waals surface area contributed by atoms with Crippen LogP contribution >= 0.6 is 0 Å². The van der Waals surface area contributed by atoms with Crippen molar-refractivity contribution in [3.05, 3.63) is 235 Å². The molecule has 0 aliphatic carbocycles. The first-order valence-corrected chi connectivity index (χ1v) is 19.3. The first kappa shape index (κ1) is 32.8. The molecule has 4 heteroatoms. The van der Waals surface area contributed by atoms with Crippen LogP contribution in [0.4, 0.5) is 0 Å². The molecule has 0 unspecified atom stereocenters. The molecule has 0 aliphatic rings. The second-order valence-corrected chi connectivity index (χ2v) is 14.5. The molecule has 0 fully saturated rings. The van der Waals surface area contributed by atoms with Crippen LogP contribution in [0.15, 0.2) is 217 Å². The second-order valence-electron chi connectivity index (χ2n) is 14.5. The second kappa shape index (κ2) is 13.3. The molecule has 0 saturated heterocycles. The zero-order chi connectivity index (χ0) is 37.8. The maximum Gasteiger partial charge on any atom is 0.162 e. The maximum atomic E-state index is 6.38. The highest BCUT2D eigenvalue weighted by Crippen LogP contribution is 2.46. The molecule has 0 amide bonds. The van der Waals surface area contributed by atoms with E-state index in [-0.39, 0.29) is 0 Å². The van der Waals surface area contributed by atoms with Crippen molar-refractivity contribution >= 4 is 43.7 Å². The zero-order valence-corrected chi connectivity index (χ0v) is 31.0. The lowest BCUT2D eigenvalue weighted by molar-refractivity contribution is 0.669. The van der Waals surface area contributed by atoms with Crippen LogP contribution in [0.25, 0.3) is 72.2 Å². The summed E-state index contributed by atoms with van der Waals surface area (Å²) in [7, 11) is 0. The maximum absolute atomic E-state index is 6.38. The van der Waals surface area contributed by atoms with E-state index in [9.17, 15) is 0 Å². The van der Waals surface area contributed by atoms with Gasteiger partial charge in [0.05, 0.1) is 22.1 Å². The van der Waals surface area contributed by atoms with Gasteiger partial charge < -0.3 is 4.42 Å². The number of aromatic nitrogens is 3. The molecule has 11 rings (SSSR count). The SMILES string of the molecule is c1ccc(C(c2ccccc2)(c2ccccc2)c2cccc(-c3nc(-c4cccc5oc6ccccc6c45)cc(-n4c5ccccc5c5ccccc54)n3)c2)cc1. The zero-order valence-electron chi connectivity index (χ0n) is 31.0. The van der Waals surface area contributed by atoms with Crippen molar-refractivity contribution in [2.24, 2.45) is 0 Å². The van der Waals surface area contributed by atoms with Gasteiger partial charge in [-0.25, -0.2) is 9.97 Å². The standard InChI is InChI=1S/C53H35N3O/c1-4-19-37(20-5-1)53(38-21-6-2-7-22-38,39-23-8-3-9-24-39)40-25-16-18-36(34-40)52-54-45(43-29-17-33-49-51(43)44-28-12-15-32-48(44)57-49)35-50(55-52)56-46-30-13-10-26-41(46)42-27-11-14-31-47(42)56/h1-35H. The van der Waals surface area contributed by atoms with Gasteiger partial charge in [0.2, 0.25) is 0 Å². The number of furan rings is 1. The number of rotatable bonds is 7. The third-order valence-electron chi connectivity index (χ3n) is 11.4. The van der Waals surface area contributed by atoms with Gasteiger partial charge in [0.25, 0.3) is 0 Å². The van der Waals surface area contributed by atoms with Gasteiger partial charge in [-0.05, 0) is 52.6 Å². The molecule has 0 radical (unpaired) electrons. The van der Waals surface area contributed by atoms with Crippen LogP contribution in [0.3, 0.4) is 0 Å². The summed E-state index contributed by atoms with van der Waals surface area (Å²) in [5.74, 6) is 1.43. The largest absolute Gasteiger partial charge is 0.456 e. The van der Waals surface area contributed by atoms with Crippen molar-refractivity contribution in [1.29, 1.82) is 0 Å². The predicted molar refractivity (Wildman–Crippen MR) is 233 cm³/mol. The average Bonchev–Trinajstić information content (AvgIpc) is 3.84. The fraction of sp³-hybridized carbons (Fsp3) is 0.0189. The lowest BCUT2D eigenvalue weighted by atomic mass is 9.65. The third kappa shape index (κ3) is 5.22. The van der Waals surface area contributed by atoms with Gasteiger partial charge in [-0.1, -0.05) is 176 Å². The average molecular weight is 730 g/mol. The van der Waals surface area contributed by atoms with E-state index in [2.05, 4.69) is 199 Å². The van der Waals surface area contributed by atoms with E-state index in [1.807, 2.05) is 18.2 Å². The molecule has 0 atom stereocenters. The highest BCUT2D eigenvalue weighted by atomic mass is 16.3. The molecule has 4 nitrogen and oxygen atoms in total. The molecule has 268 valence electrons. The van der Waals surface area contributed by atoms with Crippen molar-refractivity contribution in [1.82, 2.24) is 14.5 Å². The molecule has 0 N–H and O–H groups in total. The van der Waals surface area contributed by atoms with Crippen molar-refractivity contribution in [3.63, 3.8) is 0 Å². The summed E-state index contributed by atoms with van der Waals surface area (Å²) in [5, 5.41) is 4.45. The Kier molecular flexibility index (Phi) is 7.68. The van der Waals surface area contributed by atoms with Crippen molar-refractivity contribution in [2.75, 3.05) is 0 Å². The molecule has 0 aliphatic heterocycles. The Balaban J connectivity index is 1.21. The van der Waals surface area contributed by atoms with Gasteiger partial charge in [-0.2, -0.15) is 0 Å². The molecule has 3 aromatic heterocycles. The van der Waals surface area contributed by atoms with E-state index >= 15 is 0 Å². The third-order valence-corrected chi connectivity index (χ3v) is 11.4. The van der Waals surface area contributed by atoms with Crippen LogP contribution in [0.2, 0.25) is 0 Å². The van der Waals surface area contributed by atoms with Crippen LogP contribution in [0, 0.1) is 0 Å². The first-order chi connectivity index (χ1) is 28.3. The number of fused-ring (bicyclic) bond motifs is 6. The smallest absolute Gasteiger partial charge is 0.162 e. The highest BCUT2D eigenvalue weighted by Gasteiger charge is 2.38. The molecular weight excluding hydrogens is 695 g/mol. The summed E-state index contributed by atoms with van der Waals surface area (Å²) in [6, 6.07) is 75.0. The molecule has 11 aromatic rings. The summed E-state index contributed by atoms with van der Waals surface area (Å²) in [5.41, 5.74) is 10.6. The van der Waals surface area contributed by atoms with E-state index in [0.29, 0.717) is 5.82 Å². The fourth-order valence-electron chi connectivity index (χ4n) is 8.93. The Morgan fingerprint density at radius 2 is 0.912 bits per heavy atom. The van der Waals surface area contributed by atoms with Crippen LogP contribution in [0.1, 0.15) is 22.3 Å². The van der Waals surface area contributed by atoms with Crippen molar-refractivity contribution in [3.8, 4) is 28.5 Å². The van der Waals surface area contributed by atoms with Gasteiger partial charge in [0.1, 0.15) is 17.0 Å². The molecule has 3 heterocycles. The number of nitrogens with zero attached hydrogens (tertiary/aromatic N) is 3. The fourth-order valence-corrected chi connectivity index (χ4v) is 8.93. The topological polar surface area (TPSA) is 43.9 Å². The molecule has 57 heavy (non-hydrogen) atoms. The van der Waals surface area contributed by atoms with E-state index in [1.54, 1.807) is 0 Å². The lowest BCUT2D eigenvalue weighted by Gasteiger charge is -2.37.